The van der Waals surface area contributed by atoms with Gasteiger partial charge in [-0.05, 0) is 63.1 Å². The second-order valence-electron chi connectivity index (χ2n) is 8.97. The molecule has 4 nitrogen and oxygen atoms in total. The number of carbonyl (C=O) groups is 1. The molecule has 0 saturated heterocycles. The standard InChI is InChI=1S/C25H23F4NO3/c1-13-9-15-21-16(26)5-4-6-19(21)33-24(15)23(30(13)12-25(2,3)29)22-17(27)10-14(11-18(22)28)7-8-20(31)32/h4-8,10-11,13,23H,9,12H2,1-3H3,(H,31,32)/b8-7+/t13-,23-/m0/s1. The maximum atomic E-state index is 15.3. The Morgan fingerprint density at radius 1 is 1.21 bits per heavy atom. The average molecular weight is 461 g/mol. The molecular formula is C25H23F4NO3. The van der Waals surface area contributed by atoms with Gasteiger partial charge in [0.1, 0.15) is 40.5 Å². The minimum absolute atomic E-state index is 0.0215. The lowest BCUT2D eigenvalue weighted by atomic mass is 9.87. The lowest BCUT2D eigenvalue weighted by Gasteiger charge is -2.42. The lowest BCUT2D eigenvalue weighted by molar-refractivity contribution is -0.131. The number of hydrogen-bond acceptors (Lipinski definition) is 3. The molecule has 1 aliphatic rings. The van der Waals surface area contributed by atoms with Crippen molar-refractivity contribution < 1.29 is 31.9 Å². The van der Waals surface area contributed by atoms with Crippen LogP contribution in [0.2, 0.25) is 0 Å². The van der Waals surface area contributed by atoms with Crippen molar-refractivity contribution in [2.24, 2.45) is 0 Å². The van der Waals surface area contributed by atoms with Crippen LogP contribution in [0.5, 0.6) is 0 Å². The number of fused-ring (bicyclic) bond motifs is 3. The first-order valence-corrected chi connectivity index (χ1v) is 10.5. The fraction of sp³-hybridized carbons (Fsp3) is 0.320. The Kier molecular flexibility index (Phi) is 5.82. The van der Waals surface area contributed by atoms with Crippen molar-refractivity contribution in [3.8, 4) is 0 Å². The Morgan fingerprint density at radius 2 is 1.88 bits per heavy atom. The number of benzene rings is 2. The highest BCUT2D eigenvalue weighted by Gasteiger charge is 2.42. The smallest absolute Gasteiger partial charge is 0.328 e. The molecule has 0 saturated carbocycles. The Hall–Kier alpha value is -3.13. The molecule has 0 bridgehead atoms. The summed E-state index contributed by atoms with van der Waals surface area (Å²) < 4.78 is 66.0. The molecule has 1 aromatic heterocycles. The van der Waals surface area contributed by atoms with E-state index < -0.39 is 35.1 Å². The minimum atomic E-state index is -1.68. The van der Waals surface area contributed by atoms with Crippen molar-refractivity contribution in [2.45, 2.75) is 44.9 Å². The van der Waals surface area contributed by atoms with Gasteiger partial charge in [0.2, 0.25) is 0 Å². The van der Waals surface area contributed by atoms with Crippen molar-refractivity contribution in [1.29, 1.82) is 0 Å². The number of carboxylic acids is 1. The average Bonchev–Trinajstić information content (AvgIpc) is 3.06. The molecule has 2 atom stereocenters. The summed E-state index contributed by atoms with van der Waals surface area (Å²) >= 11 is 0. The van der Waals surface area contributed by atoms with E-state index in [2.05, 4.69) is 0 Å². The van der Waals surface area contributed by atoms with Gasteiger partial charge in [0, 0.05) is 29.8 Å². The summed E-state index contributed by atoms with van der Waals surface area (Å²) in [6.45, 7) is 4.40. The van der Waals surface area contributed by atoms with Crippen LogP contribution < -0.4 is 0 Å². The van der Waals surface area contributed by atoms with Gasteiger partial charge in [-0.1, -0.05) is 6.07 Å². The summed E-state index contributed by atoms with van der Waals surface area (Å²) in [5.74, 6) is -3.46. The van der Waals surface area contributed by atoms with Gasteiger partial charge in [-0.3, -0.25) is 4.90 Å². The Labute approximate surface area is 188 Å². The molecule has 0 radical (unpaired) electrons. The maximum Gasteiger partial charge on any atom is 0.328 e. The van der Waals surface area contributed by atoms with E-state index in [0.29, 0.717) is 12.0 Å². The van der Waals surface area contributed by atoms with Gasteiger partial charge in [-0.2, -0.15) is 0 Å². The van der Waals surface area contributed by atoms with Crippen LogP contribution >= 0.6 is 0 Å². The van der Waals surface area contributed by atoms with Gasteiger partial charge in [-0.25, -0.2) is 22.4 Å². The number of furan rings is 1. The van der Waals surface area contributed by atoms with Crippen molar-refractivity contribution in [3.63, 3.8) is 0 Å². The third-order valence-electron chi connectivity index (χ3n) is 5.79. The molecule has 0 fully saturated rings. The number of halogens is 4. The van der Waals surface area contributed by atoms with Crippen LogP contribution in [0.3, 0.4) is 0 Å². The summed E-state index contributed by atoms with van der Waals surface area (Å²) in [4.78, 5) is 12.4. The molecule has 0 spiro atoms. The Morgan fingerprint density at radius 3 is 2.48 bits per heavy atom. The first-order valence-electron chi connectivity index (χ1n) is 10.5. The fourth-order valence-corrected chi connectivity index (χ4v) is 4.53. The third-order valence-corrected chi connectivity index (χ3v) is 5.79. The first-order chi connectivity index (χ1) is 15.5. The van der Waals surface area contributed by atoms with Crippen LogP contribution in [0.25, 0.3) is 17.0 Å². The highest BCUT2D eigenvalue weighted by atomic mass is 19.1. The van der Waals surface area contributed by atoms with E-state index in [1.807, 2.05) is 0 Å². The second kappa shape index (κ2) is 8.33. The number of alkyl halides is 1. The van der Waals surface area contributed by atoms with Crippen LogP contribution in [-0.2, 0) is 11.2 Å². The quantitative estimate of drug-likeness (QED) is 0.372. The summed E-state index contributed by atoms with van der Waals surface area (Å²) in [6, 6.07) is 4.87. The van der Waals surface area contributed by atoms with Crippen LogP contribution in [0.1, 0.15) is 49.3 Å². The number of aliphatic carboxylic acids is 1. The van der Waals surface area contributed by atoms with Crippen molar-refractivity contribution in [1.82, 2.24) is 4.90 Å². The molecule has 1 N–H and O–H groups in total. The zero-order chi connectivity index (χ0) is 24.1. The van der Waals surface area contributed by atoms with E-state index in [0.717, 1.165) is 24.3 Å². The number of rotatable bonds is 5. The summed E-state index contributed by atoms with van der Waals surface area (Å²) in [7, 11) is 0. The van der Waals surface area contributed by atoms with Crippen molar-refractivity contribution >= 4 is 23.0 Å². The third kappa shape index (κ3) is 4.39. The largest absolute Gasteiger partial charge is 0.478 e. The zero-order valence-corrected chi connectivity index (χ0v) is 18.3. The lowest BCUT2D eigenvalue weighted by Crippen LogP contribution is -2.48. The van der Waals surface area contributed by atoms with Crippen LogP contribution in [0.4, 0.5) is 17.6 Å². The molecule has 0 aliphatic carbocycles. The first kappa shape index (κ1) is 23.0. The van der Waals surface area contributed by atoms with Gasteiger partial charge in [-0.15, -0.1) is 0 Å². The van der Waals surface area contributed by atoms with Gasteiger partial charge in [0.05, 0.1) is 5.39 Å². The predicted octanol–water partition coefficient (Wildman–Crippen LogP) is 6.03. The predicted molar refractivity (Wildman–Crippen MR) is 116 cm³/mol. The summed E-state index contributed by atoms with van der Waals surface area (Å²) in [6.07, 6.45) is 2.17. The monoisotopic (exact) mass is 461 g/mol. The van der Waals surface area contributed by atoms with E-state index in [9.17, 15) is 13.6 Å². The molecular weight excluding hydrogens is 438 g/mol. The summed E-state index contributed by atoms with van der Waals surface area (Å²) in [5.41, 5.74) is -1.27. The van der Waals surface area contributed by atoms with Crippen molar-refractivity contribution in [3.05, 3.63) is 76.3 Å². The molecule has 4 rings (SSSR count). The Bertz CT molecular complexity index is 1240. The zero-order valence-electron chi connectivity index (χ0n) is 18.3. The molecule has 0 amide bonds. The SMILES string of the molecule is C[C@H]1Cc2c(oc3cccc(F)c23)[C@H](c2c(F)cc(/C=C/C(=O)O)cc2F)N1CC(C)(C)F. The van der Waals surface area contributed by atoms with E-state index in [1.165, 1.54) is 26.0 Å². The number of nitrogens with zero attached hydrogens (tertiary/aromatic N) is 1. The number of hydrogen-bond donors (Lipinski definition) is 1. The topological polar surface area (TPSA) is 53.7 Å². The van der Waals surface area contributed by atoms with Crippen LogP contribution in [0.15, 0.2) is 40.8 Å². The highest BCUT2D eigenvalue weighted by molar-refractivity contribution is 5.85. The normalized spacial score (nSPS) is 19.4. The molecule has 33 heavy (non-hydrogen) atoms. The van der Waals surface area contributed by atoms with E-state index in [4.69, 9.17) is 9.52 Å². The van der Waals surface area contributed by atoms with Gasteiger partial charge >= 0.3 is 5.97 Å². The highest BCUT2D eigenvalue weighted by Crippen LogP contribution is 2.45. The van der Waals surface area contributed by atoms with E-state index in [-0.39, 0.29) is 40.4 Å². The molecule has 2 aromatic carbocycles. The van der Waals surface area contributed by atoms with Gasteiger partial charge < -0.3 is 9.52 Å². The van der Waals surface area contributed by atoms with Gasteiger partial charge in [0.25, 0.3) is 0 Å². The second-order valence-corrected chi connectivity index (χ2v) is 8.97. The molecule has 2 heterocycles. The van der Waals surface area contributed by atoms with E-state index in [1.54, 1.807) is 17.9 Å². The molecule has 8 heteroatoms. The van der Waals surface area contributed by atoms with Gasteiger partial charge in [0.15, 0.2) is 0 Å². The number of carboxylic acid groups (broad SMARTS) is 1. The molecule has 3 aromatic rings. The fourth-order valence-electron chi connectivity index (χ4n) is 4.53. The Balaban J connectivity index is 1.94. The molecule has 0 unspecified atom stereocenters. The minimum Gasteiger partial charge on any atom is -0.478 e. The summed E-state index contributed by atoms with van der Waals surface area (Å²) in [5, 5.41) is 9.04. The maximum absolute atomic E-state index is 15.3. The van der Waals surface area contributed by atoms with E-state index >= 15 is 8.78 Å². The van der Waals surface area contributed by atoms with Crippen molar-refractivity contribution in [2.75, 3.05) is 6.54 Å². The van der Waals surface area contributed by atoms with Crippen LogP contribution in [0, 0.1) is 17.5 Å². The van der Waals surface area contributed by atoms with Crippen LogP contribution in [-0.4, -0.2) is 34.2 Å². The molecule has 174 valence electrons. The molecule has 1 aliphatic heterocycles.